The van der Waals surface area contributed by atoms with Gasteiger partial charge in [0, 0.05) is 18.8 Å². The van der Waals surface area contributed by atoms with Crippen molar-refractivity contribution in [1.29, 1.82) is 0 Å². The zero-order chi connectivity index (χ0) is 12.3. The molecule has 0 aromatic heterocycles. The molecule has 0 aromatic carbocycles. The molecule has 0 radical (unpaired) electrons. The molecule has 1 heterocycles. The van der Waals surface area contributed by atoms with Crippen LogP contribution in [0.1, 0.15) is 27.7 Å². The summed E-state index contributed by atoms with van der Waals surface area (Å²) in [5, 5.41) is 0. The fraction of sp³-hybridized carbons (Fsp3) is 0.667. The van der Waals surface area contributed by atoms with Gasteiger partial charge in [0.15, 0.2) is 0 Å². The predicted octanol–water partition coefficient (Wildman–Crippen LogP) is 1.36. The Morgan fingerprint density at radius 1 is 1.25 bits per heavy atom. The van der Waals surface area contributed by atoms with Crippen LogP contribution in [0.5, 0.6) is 0 Å². The SMILES string of the molecule is CC(C)COC(C)(C)CN1C(=O)C=CC1=O. The average Bonchev–Trinajstić information content (AvgIpc) is 2.46. The van der Waals surface area contributed by atoms with Crippen molar-refractivity contribution in [2.45, 2.75) is 33.3 Å². The monoisotopic (exact) mass is 225 g/mol. The zero-order valence-corrected chi connectivity index (χ0v) is 10.3. The molecule has 0 saturated heterocycles. The van der Waals surface area contributed by atoms with Crippen LogP contribution >= 0.6 is 0 Å². The Hall–Kier alpha value is -1.16. The van der Waals surface area contributed by atoms with Gasteiger partial charge in [0.2, 0.25) is 0 Å². The van der Waals surface area contributed by atoms with Gasteiger partial charge in [0.05, 0.1) is 12.1 Å². The molecule has 4 nitrogen and oxygen atoms in total. The number of carbonyl (C=O) groups excluding carboxylic acids is 2. The third-order valence-electron chi connectivity index (χ3n) is 2.25. The molecule has 1 aliphatic rings. The first-order valence-corrected chi connectivity index (χ1v) is 5.49. The van der Waals surface area contributed by atoms with Crippen LogP contribution < -0.4 is 0 Å². The average molecular weight is 225 g/mol. The smallest absolute Gasteiger partial charge is 0.253 e. The Bertz CT molecular complexity index is 300. The van der Waals surface area contributed by atoms with Gasteiger partial charge < -0.3 is 4.74 Å². The van der Waals surface area contributed by atoms with E-state index in [2.05, 4.69) is 13.8 Å². The highest BCUT2D eigenvalue weighted by atomic mass is 16.5. The lowest BCUT2D eigenvalue weighted by molar-refractivity contribution is -0.142. The quantitative estimate of drug-likeness (QED) is 0.664. The summed E-state index contributed by atoms with van der Waals surface area (Å²) in [5.74, 6) is -0.0835. The largest absolute Gasteiger partial charge is 0.373 e. The summed E-state index contributed by atoms with van der Waals surface area (Å²) >= 11 is 0. The molecule has 0 saturated carbocycles. The molecule has 0 N–H and O–H groups in total. The van der Waals surface area contributed by atoms with Crippen molar-refractivity contribution in [1.82, 2.24) is 4.90 Å². The summed E-state index contributed by atoms with van der Waals surface area (Å²) in [4.78, 5) is 23.9. The molecule has 90 valence electrons. The van der Waals surface area contributed by atoms with Gasteiger partial charge in [-0.3, -0.25) is 14.5 Å². The Morgan fingerprint density at radius 2 is 1.75 bits per heavy atom. The topological polar surface area (TPSA) is 46.6 Å². The number of amides is 2. The normalized spacial score (nSPS) is 16.7. The van der Waals surface area contributed by atoms with E-state index in [-0.39, 0.29) is 11.8 Å². The summed E-state index contributed by atoms with van der Waals surface area (Å²) in [7, 11) is 0. The minimum absolute atomic E-state index is 0.258. The number of hydrogen-bond donors (Lipinski definition) is 0. The summed E-state index contributed by atoms with van der Waals surface area (Å²) in [6.07, 6.45) is 2.59. The second-order valence-electron chi connectivity index (χ2n) is 5.06. The van der Waals surface area contributed by atoms with Crippen LogP contribution in [0, 0.1) is 5.92 Å². The van der Waals surface area contributed by atoms with Gasteiger partial charge in [-0.15, -0.1) is 0 Å². The Balaban J connectivity index is 2.52. The van der Waals surface area contributed by atoms with Gasteiger partial charge in [-0.25, -0.2) is 0 Å². The lowest BCUT2D eigenvalue weighted by Gasteiger charge is -2.30. The third-order valence-corrected chi connectivity index (χ3v) is 2.25. The maximum atomic E-state index is 11.4. The van der Waals surface area contributed by atoms with E-state index in [4.69, 9.17) is 4.74 Å². The van der Waals surface area contributed by atoms with Crippen molar-refractivity contribution in [2.24, 2.45) is 5.92 Å². The maximum Gasteiger partial charge on any atom is 0.253 e. The van der Waals surface area contributed by atoms with Crippen LogP contribution in [-0.2, 0) is 14.3 Å². The van der Waals surface area contributed by atoms with Crippen molar-refractivity contribution in [3.63, 3.8) is 0 Å². The molecule has 2 amide bonds. The molecule has 0 aliphatic carbocycles. The van der Waals surface area contributed by atoms with Gasteiger partial charge in [-0.1, -0.05) is 13.8 Å². The second-order valence-corrected chi connectivity index (χ2v) is 5.06. The first-order valence-electron chi connectivity index (χ1n) is 5.49. The number of nitrogens with zero attached hydrogens (tertiary/aromatic N) is 1. The van der Waals surface area contributed by atoms with E-state index in [1.807, 2.05) is 13.8 Å². The molecule has 0 bridgehead atoms. The number of hydrogen-bond acceptors (Lipinski definition) is 3. The summed E-state index contributed by atoms with van der Waals surface area (Å²) in [6, 6.07) is 0. The Morgan fingerprint density at radius 3 is 2.19 bits per heavy atom. The van der Waals surface area contributed by atoms with Crippen LogP contribution in [0.4, 0.5) is 0 Å². The molecule has 0 unspecified atom stereocenters. The van der Waals surface area contributed by atoms with Crippen LogP contribution in [0.25, 0.3) is 0 Å². The third kappa shape index (κ3) is 3.45. The van der Waals surface area contributed by atoms with Gasteiger partial charge >= 0.3 is 0 Å². The van der Waals surface area contributed by atoms with Crippen LogP contribution in [0.15, 0.2) is 12.2 Å². The van der Waals surface area contributed by atoms with Crippen molar-refractivity contribution in [2.75, 3.05) is 13.2 Å². The van der Waals surface area contributed by atoms with Crippen LogP contribution in [-0.4, -0.2) is 35.5 Å². The van der Waals surface area contributed by atoms with E-state index >= 15 is 0 Å². The minimum atomic E-state index is -0.498. The highest BCUT2D eigenvalue weighted by molar-refractivity contribution is 6.12. The van der Waals surface area contributed by atoms with E-state index < -0.39 is 5.60 Å². The first kappa shape index (κ1) is 12.9. The van der Waals surface area contributed by atoms with Crippen molar-refractivity contribution in [3.05, 3.63) is 12.2 Å². The van der Waals surface area contributed by atoms with Gasteiger partial charge in [0.25, 0.3) is 11.8 Å². The van der Waals surface area contributed by atoms with Crippen LogP contribution in [0.3, 0.4) is 0 Å². The number of imide groups is 1. The molecular formula is C12H19NO3. The number of rotatable bonds is 5. The highest BCUT2D eigenvalue weighted by Gasteiger charge is 2.30. The highest BCUT2D eigenvalue weighted by Crippen LogP contribution is 2.16. The van der Waals surface area contributed by atoms with Crippen molar-refractivity contribution >= 4 is 11.8 Å². The van der Waals surface area contributed by atoms with E-state index in [1.54, 1.807) is 0 Å². The van der Waals surface area contributed by atoms with E-state index in [0.29, 0.717) is 19.1 Å². The van der Waals surface area contributed by atoms with Gasteiger partial charge in [-0.2, -0.15) is 0 Å². The zero-order valence-electron chi connectivity index (χ0n) is 10.3. The minimum Gasteiger partial charge on any atom is -0.373 e. The Labute approximate surface area is 96.3 Å². The molecule has 0 aromatic rings. The standard InChI is InChI=1S/C12H19NO3/c1-9(2)7-16-12(3,4)8-13-10(14)5-6-11(13)15/h5-6,9H,7-8H2,1-4H3. The maximum absolute atomic E-state index is 11.4. The fourth-order valence-electron chi connectivity index (χ4n) is 1.41. The molecular weight excluding hydrogens is 206 g/mol. The van der Waals surface area contributed by atoms with Crippen molar-refractivity contribution in [3.8, 4) is 0 Å². The molecule has 1 rings (SSSR count). The summed E-state index contributed by atoms with van der Waals surface area (Å²) in [5.41, 5.74) is -0.498. The lowest BCUT2D eigenvalue weighted by Crippen LogP contribution is -2.44. The number of ether oxygens (including phenoxy) is 1. The fourth-order valence-corrected chi connectivity index (χ4v) is 1.41. The summed E-state index contributed by atoms with van der Waals surface area (Å²) < 4.78 is 5.68. The summed E-state index contributed by atoms with van der Waals surface area (Å²) in [6.45, 7) is 8.80. The molecule has 0 fully saturated rings. The van der Waals surface area contributed by atoms with E-state index in [9.17, 15) is 9.59 Å². The molecule has 0 atom stereocenters. The van der Waals surface area contributed by atoms with Gasteiger partial charge in [0.1, 0.15) is 0 Å². The van der Waals surface area contributed by atoms with Crippen molar-refractivity contribution < 1.29 is 14.3 Å². The number of carbonyl (C=O) groups is 2. The predicted molar refractivity (Wildman–Crippen MR) is 60.7 cm³/mol. The Kier molecular flexibility index (Phi) is 3.86. The van der Waals surface area contributed by atoms with E-state index in [0.717, 1.165) is 0 Å². The van der Waals surface area contributed by atoms with Crippen LogP contribution in [0.2, 0.25) is 0 Å². The van der Waals surface area contributed by atoms with E-state index in [1.165, 1.54) is 17.1 Å². The molecule has 1 aliphatic heterocycles. The first-order chi connectivity index (χ1) is 7.32. The lowest BCUT2D eigenvalue weighted by atomic mass is 10.1. The second kappa shape index (κ2) is 4.78. The molecule has 16 heavy (non-hydrogen) atoms. The molecule has 0 spiro atoms. The van der Waals surface area contributed by atoms with Gasteiger partial charge in [-0.05, 0) is 19.8 Å². The molecule has 4 heteroatoms.